The molecule has 4 nitrogen and oxygen atoms in total. The molecule has 0 saturated heterocycles. The van der Waals surface area contributed by atoms with Gasteiger partial charge in [-0.1, -0.05) is 29.8 Å². The molecule has 1 N–H and O–H groups in total. The molecule has 0 spiro atoms. The Balaban J connectivity index is 2.17. The maximum Gasteiger partial charge on any atom is 0.241 e. The van der Waals surface area contributed by atoms with E-state index in [0.29, 0.717) is 11.4 Å². The molecule has 2 rings (SSSR count). The highest BCUT2D eigenvalue weighted by molar-refractivity contribution is 6.31. The SMILES string of the molecule is CN(C(=O)C(C)(C)C(=O)Nc1ccc(F)c(Cl)c1)c1ccccc1. The van der Waals surface area contributed by atoms with Gasteiger partial charge in [0.2, 0.25) is 11.8 Å². The van der Waals surface area contributed by atoms with Crippen LogP contribution in [0.25, 0.3) is 0 Å². The first-order valence-corrected chi connectivity index (χ1v) is 7.71. The minimum absolute atomic E-state index is 0.0988. The van der Waals surface area contributed by atoms with Gasteiger partial charge in [-0.25, -0.2) is 4.39 Å². The summed E-state index contributed by atoms with van der Waals surface area (Å²) in [7, 11) is 1.61. The number of para-hydroxylation sites is 1. The van der Waals surface area contributed by atoms with Crippen molar-refractivity contribution in [2.45, 2.75) is 13.8 Å². The highest BCUT2D eigenvalue weighted by Gasteiger charge is 2.38. The summed E-state index contributed by atoms with van der Waals surface area (Å²) in [4.78, 5) is 26.6. The lowest BCUT2D eigenvalue weighted by Crippen LogP contribution is -2.46. The maximum atomic E-state index is 13.2. The van der Waals surface area contributed by atoms with Gasteiger partial charge in [0.15, 0.2) is 0 Å². The molecule has 0 aliphatic rings. The molecule has 24 heavy (non-hydrogen) atoms. The topological polar surface area (TPSA) is 49.4 Å². The lowest BCUT2D eigenvalue weighted by molar-refractivity contribution is -0.136. The second-order valence-electron chi connectivity index (χ2n) is 5.91. The van der Waals surface area contributed by atoms with Gasteiger partial charge in [-0.15, -0.1) is 0 Å². The van der Waals surface area contributed by atoms with E-state index in [2.05, 4.69) is 5.32 Å². The lowest BCUT2D eigenvalue weighted by atomic mass is 9.90. The van der Waals surface area contributed by atoms with Crippen molar-refractivity contribution in [3.63, 3.8) is 0 Å². The third kappa shape index (κ3) is 3.74. The summed E-state index contributed by atoms with van der Waals surface area (Å²) in [5.41, 5.74) is -0.298. The zero-order chi connectivity index (χ0) is 17.9. The lowest BCUT2D eigenvalue weighted by Gasteiger charge is -2.28. The number of nitrogens with zero attached hydrogens (tertiary/aromatic N) is 1. The molecule has 0 bridgehead atoms. The Morgan fingerprint density at radius 3 is 2.33 bits per heavy atom. The van der Waals surface area contributed by atoms with Crippen LogP contribution in [-0.2, 0) is 9.59 Å². The quantitative estimate of drug-likeness (QED) is 0.845. The molecule has 0 radical (unpaired) electrons. The van der Waals surface area contributed by atoms with Gasteiger partial charge >= 0.3 is 0 Å². The van der Waals surface area contributed by atoms with E-state index in [4.69, 9.17) is 11.6 Å². The monoisotopic (exact) mass is 348 g/mol. The summed E-state index contributed by atoms with van der Waals surface area (Å²) in [6.07, 6.45) is 0. The van der Waals surface area contributed by atoms with Gasteiger partial charge in [0.05, 0.1) is 5.02 Å². The molecule has 0 heterocycles. The molecule has 6 heteroatoms. The third-order valence-corrected chi connectivity index (χ3v) is 4.02. The minimum atomic E-state index is -1.31. The van der Waals surface area contributed by atoms with Crippen molar-refractivity contribution < 1.29 is 14.0 Å². The minimum Gasteiger partial charge on any atom is -0.325 e. The highest BCUT2D eigenvalue weighted by atomic mass is 35.5. The first-order chi connectivity index (χ1) is 11.2. The van der Waals surface area contributed by atoms with E-state index in [1.807, 2.05) is 18.2 Å². The zero-order valence-electron chi connectivity index (χ0n) is 13.6. The number of benzene rings is 2. The Kier molecular flexibility index (Phi) is 5.24. The molecule has 0 aromatic heterocycles. The van der Waals surface area contributed by atoms with E-state index in [1.165, 1.54) is 30.9 Å². The molecule has 0 atom stereocenters. The van der Waals surface area contributed by atoms with Crippen LogP contribution in [0.1, 0.15) is 13.8 Å². The van der Waals surface area contributed by atoms with Crippen molar-refractivity contribution in [2.24, 2.45) is 5.41 Å². The number of hydrogen-bond donors (Lipinski definition) is 1. The van der Waals surface area contributed by atoms with Crippen LogP contribution in [0, 0.1) is 11.2 Å². The number of carbonyl (C=O) groups is 2. The zero-order valence-corrected chi connectivity index (χ0v) is 14.4. The summed E-state index contributed by atoms with van der Waals surface area (Å²) >= 11 is 5.70. The van der Waals surface area contributed by atoms with Gasteiger partial charge in [0.25, 0.3) is 0 Å². The van der Waals surface area contributed by atoms with E-state index in [-0.39, 0.29) is 10.9 Å². The van der Waals surface area contributed by atoms with E-state index >= 15 is 0 Å². The van der Waals surface area contributed by atoms with Crippen molar-refractivity contribution >= 4 is 34.8 Å². The van der Waals surface area contributed by atoms with Crippen LogP contribution < -0.4 is 10.2 Å². The largest absolute Gasteiger partial charge is 0.325 e. The van der Waals surface area contributed by atoms with E-state index < -0.39 is 17.1 Å². The van der Waals surface area contributed by atoms with Crippen LogP contribution in [0.5, 0.6) is 0 Å². The predicted molar refractivity (Wildman–Crippen MR) is 93.7 cm³/mol. The molecule has 0 fully saturated rings. The van der Waals surface area contributed by atoms with Crippen LogP contribution in [0.15, 0.2) is 48.5 Å². The van der Waals surface area contributed by atoms with Crippen molar-refractivity contribution in [1.82, 2.24) is 0 Å². The highest BCUT2D eigenvalue weighted by Crippen LogP contribution is 2.26. The average Bonchev–Trinajstić information content (AvgIpc) is 2.57. The van der Waals surface area contributed by atoms with Crippen LogP contribution >= 0.6 is 11.6 Å². The fraction of sp³-hybridized carbons (Fsp3) is 0.222. The van der Waals surface area contributed by atoms with Crippen LogP contribution in [-0.4, -0.2) is 18.9 Å². The van der Waals surface area contributed by atoms with Gasteiger partial charge in [0.1, 0.15) is 11.2 Å². The summed E-state index contributed by atoms with van der Waals surface area (Å²) in [6.45, 7) is 3.07. The molecule has 0 aliphatic carbocycles. The number of halogens is 2. The number of amides is 2. The first kappa shape index (κ1) is 17.9. The fourth-order valence-corrected chi connectivity index (χ4v) is 2.33. The van der Waals surface area contributed by atoms with Crippen molar-refractivity contribution in [3.05, 3.63) is 59.4 Å². The molecule has 0 aliphatic heterocycles. The van der Waals surface area contributed by atoms with Gasteiger partial charge in [0, 0.05) is 18.4 Å². The Morgan fingerprint density at radius 1 is 1.12 bits per heavy atom. The van der Waals surface area contributed by atoms with Gasteiger partial charge in [-0.3, -0.25) is 9.59 Å². The number of nitrogens with one attached hydrogen (secondary N) is 1. The molecular weight excluding hydrogens is 331 g/mol. The molecule has 126 valence electrons. The predicted octanol–water partition coefficient (Wildman–Crippen LogP) is 4.11. The average molecular weight is 349 g/mol. The van der Waals surface area contributed by atoms with Crippen LogP contribution in [0.4, 0.5) is 15.8 Å². The van der Waals surface area contributed by atoms with E-state index in [0.717, 1.165) is 6.07 Å². The number of carbonyl (C=O) groups excluding carboxylic acids is 2. The summed E-state index contributed by atoms with van der Waals surface area (Å²) in [5.74, 6) is -1.44. The Morgan fingerprint density at radius 2 is 1.75 bits per heavy atom. The van der Waals surface area contributed by atoms with Crippen LogP contribution in [0.2, 0.25) is 5.02 Å². The van der Waals surface area contributed by atoms with E-state index in [1.54, 1.807) is 19.2 Å². The van der Waals surface area contributed by atoms with E-state index in [9.17, 15) is 14.0 Å². The van der Waals surface area contributed by atoms with Crippen molar-refractivity contribution in [3.8, 4) is 0 Å². The van der Waals surface area contributed by atoms with Crippen molar-refractivity contribution in [1.29, 1.82) is 0 Å². The number of anilines is 2. The Labute approximate surface area is 145 Å². The molecule has 2 amide bonds. The summed E-state index contributed by atoms with van der Waals surface area (Å²) in [5, 5.41) is 2.50. The molecule has 2 aromatic rings. The Hall–Kier alpha value is -2.40. The fourth-order valence-electron chi connectivity index (χ4n) is 2.15. The third-order valence-electron chi connectivity index (χ3n) is 3.73. The normalized spacial score (nSPS) is 11.0. The van der Waals surface area contributed by atoms with Crippen molar-refractivity contribution in [2.75, 3.05) is 17.3 Å². The maximum absolute atomic E-state index is 13.2. The van der Waals surface area contributed by atoms with Gasteiger partial charge in [-0.2, -0.15) is 0 Å². The summed E-state index contributed by atoms with van der Waals surface area (Å²) < 4.78 is 13.2. The molecule has 0 unspecified atom stereocenters. The second kappa shape index (κ2) is 7.01. The first-order valence-electron chi connectivity index (χ1n) is 7.33. The molecular formula is C18H18ClFN2O2. The molecule has 0 saturated carbocycles. The van der Waals surface area contributed by atoms with Crippen LogP contribution in [0.3, 0.4) is 0 Å². The standard InChI is InChI=1S/C18H18ClFN2O2/c1-18(2,17(24)22(3)13-7-5-4-6-8-13)16(23)21-12-9-10-15(20)14(19)11-12/h4-11H,1-3H3,(H,21,23). The molecule has 2 aromatic carbocycles. The Bertz CT molecular complexity index is 763. The van der Waals surface area contributed by atoms with Gasteiger partial charge < -0.3 is 10.2 Å². The smallest absolute Gasteiger partial charge is 0.241 e. The van der Waals surface area contributed by atoms with Gasteiger partial charge in [-0.05, 0) is 44.2 Å². The number of rotatable bonds is 4. The summed E-state index contributed by atoms with van der Waals surface area (Å²) in [6, 6.07) is 12.9. The second-order valence-corrected chi connectivity index (χ2v) is 6.31. The number of hydrogen-bond acceptors (Lipinski definition) is 2.